The summed E-state index contributed by atoms with van der Waals surface area (Å²) in [7, 11) is 0. The second-order valence-corrected chi connectivity index (χ2v) is 2.98. The van der Waals surface area contributed by atoms with Crippen LogP contribution < -0.4 is 17.7 Å². The number of hydrogen-bond donors (Lipinski definition) is 1. The molecule has 0 unspecified atom stereocenters. The SMILES string of the molecule is [Cl-].c1ccc(CNC2CC2)nc1. The van der Waals surface area contributed by atoms with Crippen LogP contribution in [0, 0.1) is 0 Å². The zero-order valence-corrected chi connectivity index (χ0v) is 7.59. The van der Waals surface area contributed by atoms with Crippen LogP contribution in [0.25, 0.3) is 0 Å². The molecule has 0 saturated heterocycles. The van der Waals surface area contributed by atoms with Crippen LogP contribution in [0.3, 0.4) is 0 Å². The number of nitrogens with one attached hydrogen (secondary N) is 1. The van der Waals surface area contributed by atoms with Crippen LogP contribution in [0.2, 0.25) is 0 Å². The minimum Gasteiger partial charge on any atom is -1.00 e. The van der Waals surface area contributed by atoms with Gasteiger partial charge in [-0.1, -0.05) is 6.07 Å². The lowest BCUT2D eigenvalue weighted by atomic mass is 10.3. The number of pyridine rings is 1. The third kappa shape index (κ3) is 2.80. The van der Waals surface area contributed by atoms with Gasteiger partial charge in [-0.25, -0.2) is 0 Å². The molecule has 1 aliphatic carbocycles. The minimum atomic E-state index is 0. The van der Waals surface area contributed by atoms with Gasteiger partial charge in [0.15, 0.2) is 0 Å². The lowest BCUT2D eigenvalue weighted by Crippen LogP contribution is -3.00. The fraction of sp³-hybridized carbons (Fsp3) is 0.444. The van der Waals surface area contributed by atoms with E-state index in [1.807, 2.05) is 18.3 Å². The van der Waals surface area contributed by atoms with E-state index in [1.165, 1.54) is 12.8 Å². The Balaban J connectivity index is 0.000000720. The molecule has 66 valence electrons. The molecule has 12 heavy (non-hydrogen) atoms. The summed E-state index contributed by atoms with van der Waals surface area (Å²) in [6.45, 7) is 0.922. The first-order valence-electron chi connectivity index (χ1n) is 4.08. The summed E-state index contributed by atoms with van der Waals surface area (Å²) in [5, 5.41) is 3.41. The molecule has 0 amide bonds. The van der Waals surface area contributed by atoms with Crippen molar-refractivity contribution >= 4 is 0 Å². The molecule has 0 aliphatic heterocycles. The van der Waals surface area contributed by atoms with Gasteiger partial charge in [-0.15, -0.1) is 0 Å². The zero-order valence-electron chi connectivity index (χ0n) is 6.83. The molecule has 1 aliphatic rings. The van der Waals surface area contributed by atoms with E-state index in [2.05, 4.69) is 16.4 Å². The summed E-state index contributed by atoms with van der Waals surface area (Å²) in [4.78, 5) is 4.22. The van der Waals surface area contributed by atoms with E-state index in [9.17, 15) is 0 Å². The minimum absolute atomic E-state index is 0. The smallest absolute Gasteiger partial charge is 0.0541 e. The molecule has 2 nitrogen and oxygen atoms in total. The van der Waals surface area contributed by atoms with Crippen molar-refractivity contribution in [1.29, 1.82) is 0 Å². The molecule has 1 N–H and O–H groups in total. The Labute approximate surface area is 78.8 Å². The molecule has 2 rings (SSSR count). The summed E-state index contributed by atoms with van der Waals surface area (Å²) in [5.41, 5.74) is 1.14. The monoisotopic (exact) mass is 183 g/mol. The fourth-order valence-electron chi connectivity index (χ4n) is 1.04. The van der Waals surface area contributed by atoms with Crippen molar-refractivity contribution in [3.8, 4) is 0 Å². The average Bonchev–Trinajstić information content (AvgIpc) is 2.86. The highest BCUT2D eigenvalue weighted by atomic mass is 35.5. The maximum atomic E-state index is 4.22. The van der Waals surface area contributed by atoms with E-state index in [1.54, 1.807) is 0 Å². The van der Waals surface area contributed by atoms with Gasteiger partial charge in [0.05, 0.1) is 5.69 Å². The van der Waals surface area contributed by atoms with Crippen LogP contribution in [0.5, 0.6) is 0 Å². The van der Waals surface area contributed by atoms with Gasteiger partial charge < -0.3 is 17.7 Å². The van der Waals surface area contributed by atoms with Crippen LogP contribution >= 0.6 is 0 Å². The van der Waals surface area contributed by atoms with Gasteiger partial charge in [-0.2, -0.15) is 0 Å². The summed E-state index contributed by atoms with van der Waals surface area (Å²) in [6, 6.07) is 6.80. The second-order valence-electron chi connectivity index (χ2n) is 2.98. The Morgan fingerprint density at radius 2 is 2.25 bits per heavy atom. The fourth-order valence-corrected chi connectivity index (χ4v) is 1.04. The summed E-state index contributed by atoms with van der Waals surface area (Å²) in [5.74, 6) is 0. The Hall–Kier alpha value is -0.600. The molecule has 3 heteroatoms. The van der Waals surface area contributed by atoms with Crippen molar-refractivity contribution in [3.63, 3.8) is 0 Å². The molecule has 1 heterocycles. The molecular weight excluding hydrogens is 172 g/mol. The third-order valence-corrected chi connectivity index (χ3v) is 1.88. The topological polar surface area (TPSA) is 24.9 Å². The summed E-state index contributed by atoms with van der Waals surface area (Å²) < 4.78 is 0. The van der Waals surface area contributed by atoms with Gasteiger partial charge in [0.1, 0.15) is 0 Å². The predicted molar refractivity (Wildman–Crippen MR) is 44.1 cm³/mol. The van der Waals surface area contributed by atoms with Crippen molar-refractivity contribution in [1.82, 2.24) is 10.3 Å². The first kappa shape index (κ1) is 9.49. The standard InChI is InChI=1S/C9H12N2.ClH/c1-2-6-10-9(3-1)7-11-8-4-5-8;/h1-3,6,8,11H,4-5,7H2;1H/p-1. The first-order chi connectivity index (χ1) is 5.45. The highest BCUT2D eigenvalue weighted by molar-refractivity contribution is 5.03. The molecule has 0 spiro atoms. The van der Waals surface area contributed by atoms with Gasteiger partial charge in [0.2, 0.25) is 0 Å². The highest BCUT2D eigenvalue weighted by Gasteiger charge is 2.19. The number of nitrogens with zero attached hydrogens (tertiary/aromatic N) is 1. The summed E-state index contributed by atoms with van der Waals surface area (Å²) >= 11 is 0. The van der Waals surface area contributed by atoms with Crippen LogP contribution in [0.15, 0.2) is 24.4 Å². The van der Waals surface area contributed by atoms with Crippen LogP contribution in [-0.2, 0) is 6.54 Å². The predicted octanol–water partition coefficient (Wildman–Crippen LogP) is -1.66. The lowest BCUT2D eigenvalue weighted by molar-refractivity contribution is -0.00000239. The zero-order chi connectivity index (χ0) is 7.52. The molecule has 0 radical (unpaired) electrons. The molecule has 1 aromatic rings. The first-order valence-corrected chi connectivity index (χ1v) is 4.08. The lowest BCUT2D eigenvalue weighted by Gasteiger charge is -1.99. The van der Waals surface area contributed by atoms with E-state index in [0.29, 0.717) is 0 Å². The van der Waals surface area contributed by atoms with Gasteiger partial charge in [-0.3, -0.25) is 4.98 Å². The average molecular weight is 184 g/mol. The second kappa shape index (κ2) is 4.43. The van der Waals surface area contributed by atoms with Crippen molar-refractivity contribution in [2.24, 2.45) is 0 Å². The Kier molecular flexibility index (Phi) is 3.50. The van der Waals surface area contributed by atoms with E-state index >= 15 is 0 Å². The maximum absolute atomic E-state index is 4.22. The molecule has 0 bridgehead atoms. The van der Waals surface area contributed by atoms with E-state index in [-0.39, 0.29) is 12.4 Å². The molecular formula is C9H12ClN2-. The van der Waals surface area contributed by atoms with Gasteiger partial charge >= 0.3 is 0 Å². The largest absolute Gasteiger partial charge is 1.00 e. The van der Waals surface area contributed by atoms with Crippen LogP contribution in [-0.4, -0.2) is 11.0 Å². The van der Waals surface area contributed by atoms with E-state index in [4.69, 9.17) is 0 Å². The van der Waals surface area contributed by atoms with E-state index in [0.717, 1.165) is 18.3 Å². The Morgan fingerprint density at radius 3 is 2.83 bits per heavy atom. The third-order valence-electron chi connectivity index (χ3n) is 1.88. The number of rotatable bonds is 3. The Bertz CT molecular complexity index is 221. The Morgan fingerprint density at radius 1 is 1.42 bits per heavy atom. The molecule has 0 atom stereocenters. The van der Waals surface area contributed by atoms with Crippen LogP contribution in [0.1, 0.15) is 18.5 Å². The molecule has 1 saturated carbocycles. The van der Waals surface area contributed by atoms with Crippen molar-refractivity contribution in [3.05, 3.63) is 30.1 Å². The van der Waals surface area contributed by atoms with Crippen molar-refractivity contribution in [2.75, 3.05) is 0 Å². The van der Waals surface area contributed by atoms with Crippen molar-refractivity contribution < 1.29 is 12.4 Å². The highest BCUT2D eigenvalue weighted by Crippen LogP contribution is 2.18. The quantitative estimate of drug-likeness (QED) is 0.607. The molecule has 1 aromatic heterocycles. The molecule has 0 aromatic carbocycles. The van der Waals surface area contributed by atoms with Gasteiger partial charge in [0, 0.05) is 18.8 Å². The maximum Gasteiger partial charge on any atom is 0.0541 e. The normalized spacial score (nSPS) is 15.3. The number of halogens is 1. The van der Waals surface area contributed by atoms with E-state index < -0.39 is 0 Å². The number of aromatic nitrogens is 1. The van der Waals surface area contributed by atoms with Crippen LogP contribution in [0.4, 0.5) is 0 Å². The number of hydrogen-bond acceptors (Lipinski definition) is 2. The molecule has 1 fully saturated rings. The van der Waals surface area contributed by atoms with Gasteiger partial charge in [-0.05, 0) is 25.0 Å². The van der Waals surface area contributed by atoms with Crippen molar-refractivity contribution in [2.45, 2.75) is 25.4 Å². The summed E-state index contributed by atoms with van der Waals surface area (Å²) in [6.07, 6.45) is 4.52. The van der Waals surface area contributed by atoms with Gasteiger partial charge in [0.25, 0.3) is 0 Å².